The normalized spacial score (nSPS) is 10.6. The highest BCUT2D eigenvalue weighted by Crippen LogP contribution is 2.28. The van der Waals surface area contributed by atoms with Gasteiger partial charge in [0.2, 0.25) is 0 Å². The lowest BCUT2D eigenvalue weighted by Gasteiger charge is -2.11. The fraction of sp³-hybridized carbons (Fsp3) is 0.130. The number of non-ortho nitro benzene ring substituents is 1. The van der Waals surface area contributed by atoms with Crippen LogP contribution in [0.2, 0.25) is 0 Å². The van der Waals surface area contributed by atoms with Crippen molar-refractivity contribution in [3.63, 3.8) is 0 Å². The zero-order valence-corrected chi connectivity index (χ0v) is 17.5. The lowest BCUT2D eigenvalue weighted by atomic mass is 10.2. The quantitative estimate of drug-likeness (QED) is 0.309. The maximum Gasteiger partial charge on any atom is 0.271 e. The Labute approximate surface area is 184 Å². The second-order valence-electron chi connectivity index (χ2n) is 6.55. The summed E-state index contributed by atoms with van der Waals surface area (Å²) in [4.78, 5) is 22.4. The van der Waals surface area contributed by atoms with Crippen LogP contribution in [0.5, 0.6) is 17.2 Å². The largest absolute Gasteiger partial charge is 0.497 e. The van der Waals surface area contributed by atoms with E-state index in [1.807, 2.05) is 0 Å². The van der Waals surface area contributed by atoms with Gasteiger partial charge in [-0.15, -0.1) is 0 Å². The smallest absolute Gasteiger partial charge is 0.271 e. The van der Waals surface area contributed by atoms with Crippen LogP contribution in [0.4, 0.5) is 5.69 Å². The molecule has 0 heterocycles. The summed E-state index contributed by atoms with van der Waals surface area (Å²) in [7, 11) is 3.07. The molecule has 0 aliphatic carbocycles. The topological polar surface area (TPSA) is 112 Å². The lowest BCUT2D eigenvalue weighted by Crippen LogP contribution is -2.17. The van der Waals surface area contributed by atoms with Gasteiger partial charge in [-0.3, -0.25) is 14.9 Å². The van der Waals surface area contributed by atoms with E-state index in [2.05, 4.69) is 10.5 Å². The van der Waals surface area contributed by atoms with Crippen molar-refractivity contribution >= 4 is 17.8 Å². The van der Waals surface area contributed by atoms with E-state index in [4.69, 9.17) is 14.2 Å². The summed E-state index contributed by atoms with van der Waals surface area (Å²) in [5, 5.41) is 14.7. The zero-order valence-electron chi connectivity index (χ0n) is 17.5. The summed E-state index contributed by atoms with van der Waals surface area (Å²) in [5.74, 6) is 1.30. The van der Waals surface area contributed by atoms with E-state index in [1.54, 1.807) is 61.7 Å². The van der Waals surface area contributed by atoms with Crippen LogP contribution in [0.25, 0.3) is 0 Å². The molecule has 9 heteroatoms. The molecule has 1 amide bonds. The second kappa shape index (κ2) is 10.6. The van der Waals surface area contributed by atoms with Gasteiger partial charge in [-0.05, 0) is 65.7 Å². The highest BCUT2D eigenvalue weighted by molar-refractivity contribution is 5.95. The van der Waals surface area contributed by atoms with Gasteiger partial charge < -0.3 is 14.2 Å². The number of nitrogens with one attached hydrogen (secondary N) is 1. The van der Waals surface area contributed by atoms with Crippen molar-refractivity contribution in [1.29, 1.82) is 0 Å². The number of benzene rings is 3. The van der Waals surface area contributed by atoms with Crippen LogP contribution >= 0.6 is 0 Å². The van der Waals surface area contributed by atoms with Crippen molar-refractivity contribution in [2.75, 3.05) is 14.2 Å². The van der Waals surface area contributed by atoms with Crippen LogP contribution in [-0.2, 0) is 6.61 Å². The first kappa shape index (κ1) is 22.3. The first-order valence-electron chi connectivity index (χ1n) is 9.52. The highest BCUT2D eigenvalue weighted by atomic mass is 16.6. The molecule has 9 nitrogen and oxygen atoms in total. The minimum atomic E-state index is -0.451. The van der Waals surface area contributed by atoms with E-state index in [1.165, 1.54) is 25.5 Å². The predicted molar refractivity (Wildman–Crippen MR) is 118 cm³/mol. The third kappa shape index (κ3) is 5.82. The average Bonchev–Trinajstić information content (AvgIpc) is 2.83. The fourth-order valence-electron chi connectivity index (χ4n) is 2.73. The van der Waals surface area contributed by atoms with E-state index < -0.39 is 4.92 Å². The number of nitrogens with zero attached hydrogens (tertiary/aromatic N) is 2. The van der Waals surface area contributed by atoms with Gasteiger partial charge in [0.1, 0.15) is 12.4 Å². The van der Waals surface area contributed by atoms with Crippen molar-refractivity contribution in [1.82, 2.24) is 5.43 Å². The maximum absolute atomic E-state index is 12.1. The molecule has 0 saturated carbocycles. The van der Waals surface area contributed by atoms with Gasteiger partial charge in [-0.1, -0.05) is 0 Å². The summed E-state index contributed by atoms with van der Waals surface area (Å²) >= 11 is 0. The molecular weight excluding hydrogens is 414 g/mol. The van der Waals surface area contributed by atoms with E-state index >= 15 is 0 Å². The molecule has 32 heavy (non-hydrogen) atoms. The van der Waals surface area contributed by atoms with E-state index in [0.717, 1.165) is 5.56 Å². The Morgan fingerprint density at radius 2 is 1.72 bits per heavy atom. The Bertz CT molecular complexity index is 1110. The standard InChI is InChI=1S/C23H21N3O6/c1-30-20-10-6-18(7-11-20)23(27)25-24-14-17-5-12-21(22(13-17)31-2)32-15-16-3-8-19(9-4-16)26(28)29/h3-14H,15H2,1-2H3,(H,25,27)/b24-14-. The number of ether oxygens (including phenoxy) is 3. The number of methoxy groups -OCH3 is 2. The van der Waals surface area contributed by atoms with Crippen molar-refractivity contribution in [2.45, 2.75) is 6.61 Å². The van der Waals surface area contributed by atoms with E-state index in [-0.39, 0.29) is 18.2 Å². The Balaban J connectivity index is 1.60. The highest BCUT2D eigenvalue weighted by Gasteiger charge is 2.08. The average molecular weight is 435 g/mol. The first-order chi connectivity index (χ1) is 15.5. The minimum absolute atomic E-state index is 0.0223. The number of hydrogen-bond donors (Lipinski definition) is 1. The Morgan fingerprint density at radius 3 is 2.34 bits per heavy atom. The van der Waals surface area contributed by atoms with Gasteiger partial charge in [-0.2, -0.15) is 5.10 Å². The van der Waals surface area contributed by atoms with Crippen LogP contribution in [-0.4, -0.2) is 31.3 Å². The Kier molecular flexibility index (Phi) is 7.37. The number of carbonyl (C=O) groups is 1. The van der Waals surface area contributed by atoms with Crippen LogP contribution in [0, 0.1) is 10.1 Å². The molecule has 3 rings (SSSR count). The van der Waals surface area contributed by atoms with Gasteiger partial charge in [0.25, 0.3) is 11.6 Å². The van der Waals surface area contributed by atoms with Crippen LogP contribution in [0.3, 0.4) is 0 Å². The first-order valence-corrected chi connectivity index (χ1v) is 9.52. The van der Waals surface area contributed by atoms with Gasteiger partial charge in [0.15, 0.2) is 11.5 Å². The van der Waals surface area contributed by atoms with Crippen molar-refractivity contribution in [3.8, 4) is 17.2 Å². The lowest BCUT2D eigenvalue weighted by molar-refractivity contribution is -0.384. The molecule has 0 atom stereocenters. The van der Waals surface area contributed by atoms with E-state index in [0.29, 0.717) is 28.4 Å². The number of hydrazone groups is 1. The monoisotopic (exact) mass is 435 g/mol. The minimum Gasteiger partial charge on any atom is -0.497 e. The number of nitro benzene ring substituents is 1. The van der Waals surface area contributed by atoms with Crippen LogP contribution in [0.15, 0.2) is 71.8 Å². The summed E-state index contributed by atoms with van der Waals surface area (Å²) in [6, 6.07) is 18.0. The Hall–Kier alpha value is -4.40. The molecule has 0 spiro atoms. The number of amides is 1. The number of nitro groups is 1. The molecule has 1 N–H and O–H groups in total. The molecule has 0 radical (unpaired) electrons. The molecule has 3 aromatic rings. The molecule has 0 aliphatic heterocycles. The van der Waals surface area contributed by atoms with Crippen molar-refractivity contribution < 1.29 is 23.9 Å². The van der Waals surface area contributed by atoms with Gasteiger partial charge >= 0.3 is 0 Å². The molecule has 0 fully saturated rings. The summed E-state index contributed by atoms with van der Waals surface area (Å²) in [6.07, 6.45) is 1.49. The summed E-state index contributed by atoms with van der Waals surface area (Å²) < 4.78 is 16.2. The molecule has 0 aromatic heterocycles. The third-order valence-corrected chi connectivity index (χ3v) is 4.46. The number of rotatable bonds is 9. The number of carbonyl (C=O) groups excluding carboxylic acids is 1. The fourth-order valence-corrected chi connectivity index (χ4v) is 2.73. The Morgan fingerprint density at radius 1 is 1.00 bits per heavy atom. The van der Waals surface area contributed by atoms with E-state index in [9.17, 15) is 14.9 Å². The van der Waals surface area contributed by atoms with Crippen molar-refractivity contribution in [2.24, 2.45) is 5.10 Å². The second-order valence-corrected chi connectivity index (χ2v) is 6.55. The summed E-state index contributed by atoms with van der Waals surface area (Å²) in [5.41, 5.74) is 4.42. The third-order valence-electron chi connectivity index (χ3n) is 4.46. The molecule has 164 valence electrons. The molecule has 3 aromatic carbocycles. The molecule has 0 aliphatic rings. The number of hydrogen-bond acceptors (Lipinski definition) is 7. The SMILES string of the molecule is COc1ccc(C(=O)N/N=C\c2ccc(OCc3ccc([N+](=O)[O-])cc3)c(OC)c2)cc1. The molecule has 0 bridgehead atoms. The van der Waals surface area contributed by atoms with Crippen molar-refractivity contribution in [3.05, 3.63) is 93.5 Å². The summed E-state index contributed by atoms with van der Waals surface area (Å²) in [6.45, 7) is 0.222. The molecule has 0 saturated heterocycles. The van der Waals surface area contributed by atoms with Gasteiger partial charge in [0.05, 0.1) is 25.4 Å². The van der Waals surface area contributed by atoms with Crippen LogP contribution < -0.4 is 19.6 Å². The molecular formula is C23H21N3O6. The van der Waals surface area contributed by atoms with Crippen LogP contribution in [0.1, 0.15) is 21.5 Å². The molecule has 0 unspecified atom stereocenters. The zero-order chi connectivity index (χ0) is 22.9. The predicted octanol–water partition coefficient (Wildman–Crippen LogP) is 3.95. The maximum atomic E-state index is 12.1. The van der Waals surface area contributed by atoms with Gasteiger partial charge in [-0.25, -0.2) is 5.43 Å². The van der Waals surface area contributed by atoms with Gasteiger partial charge in [0, 0.05) is 17.7 Å².